The van der Waals surface area contributed by atoms with Gasteiger partial charge in [-0.25, -0.2) is 4.98 Å². The Hall–Kier alpha value is -0.690. The number of aromatic nitrogens is 1. The number of nitrogens with two attached hydrogens (primary N) is 1. The summed E-state index contributed by atoms with van der Waals surface area (Å²) in [6, 6.07) is -0.184. The highest BCUT2D eigenvalue weighted by molar-refractivity contribution is 7.09. The van der Waals surface area contributed by atoms with Gasteiger partial charge in [0.25, 0.3) is 0 Å². The van der Waals surface area contributed by atoms with E-state index < -0.39 is 6.10 Å². The van der Waals surface area contributed by atoms with E-state index >= 15 is 0 Å². The average Bonchev–Trinajstić information content (AvgIpc) is 2.77. The molecule has 5 nitrogen and oxygen atoms in total. The summed E-state index contributed by atoms with van der Waals surface area (Å²) >= 11 is 1.57. The first kappa shape index (κ1) is 17.4. The van der Waals surface area contributed by atoms with Gasteiger partial charge in [-0.05, 0) is 26.2 Å². The van der Waals surface area contributed by atoms with Crippen molar-refractivity contribution in [3.63, 3.8) is 0 Å². The predicted molar refractivity (Wildman–Crippen MR) is 81.9 cm³/mol. The van der Waals surface area contributed by atoms with Gasteiger partial charge in [0, 0.05) is 30.1 Å². The van der Waals surface area contributed by atoms with E-state index in [1.165, 1.54) is 0 Å². The quantitative estimate of drug-likeness (QED) is 0.880. The third kappa shape index (κ3) is 4.15. The summed E-state index contributed by atoms with van der Waals surface area (Å²) in [7, 11) is 1.79. The highest BCUT2D eigenvalue weighted by Crippen LogP contribution is 2.25. The van der Waals surface area contributed by atoms with Crippen LogP contribution >= 0.6 is 23.7 Å². The molecule has 0 unspecified atom stereocenters. The van der Waals surface area contributed by atoms with Gasteiger partial charge in [-0.15, -0.1) is 23.7 Å². The van der Waals surface area contributed by atoms with Crippen molar-refractivity contribution in [1.82, 2.24) is 9.88 Å². The van der Waals surface area contributed by atoms with Crippen LogP contribution in [0.5, 0.6) is 0 Å². The predicted octanol–water partition coefficient (Wildman–Crippen LogP) is 1.32. The van der Waals surface area contributed by atoms with Gasteiger partial charge < -0.3 is 15.7 Å². The fourth-order valence-electron chi connectivity index (χ4n) is 2.46. The van der Waals surface area contributed by atoms with E-state index in [-0.39, 0.29) is 30.3 Å². The number of hydrogen-bond donors (Lipinski definition) is 2. The number of thiazole rings is 1. The summed E-state index contributed by atoms with van der Waals surface area (Å²) in [6.45, 7) is 2.48. The second-order valence-corrected chi connectivity index (χ2v) is 6.26. The van der Waals surface area contributed by atoms with Crippen molar-refractivity contribution < 1.29 is 9.90 Å². The number of nitrogens with zero attached hydrogens (tertiary/aromatic N) is 2. The molecule has 20 heavy (non-hydrogen) atoms. The van der Waals surface area contributed by atoms with Crippen LogP contribution in [-0.4, -0.2) is 40.1 Å². The zero-order valence-electron chi connectivity index (χ0n) is 11.8. The van der Waals surface area contributed by atoms with E-state index in [0.717, 1.165) is 17.1 Å². The molecule has 0 spiro atoms. The van der Waals surface area contributed by atoms with E-state index in [1.807, 2.05) is 12.3 Å². The van der Waals surface area contributed by atoms with Crippen molar-refractivity contribution in [3.8, 4) is 0 Å². The van der Waals surface area contributed by atoms with Crippen molar-refractivity contribution in [2.45, 2.75) is 44.9 Å². The Morgan fingerprint density at radius 3 is 2.85 bits per heavy atom. The molecule has 1 aromatic heterocycles. The first-order valence-corrected chi connectivity index (χ1v) is 7.45. The minimum absolute atomic E-state index is 0. The zero-order chi connectivity index (χ0) is 14.0. The number of aliphatic hydroxyl groups is 1. The van der Waals surface area contributed by atoms with Crippen LogP contribution in [0.4, 0.5) is 0 Å². The van der Waals surface area contributed by atoms with Crippen molar-refractivity contribution >= 4 is 29.7 Å². The van der Waals surface area contributed by atoms with E-state index in [9.17, 15) is 9.90 Å². The maximum atomic E-state index is 12.3. The standard InChI is InChI=1S/C13H21N3O2S.ClH/c1-8-7-19-12(15-8)6-16(2)13(18)9-3-4-10(14)11(17)5-9;/h7,9-11,17H,3-6,14H2,1-2H3;1H/t9-,10+,11+;/m0./s1. The van der Waals surface area contributed by atoms with Crippen LogP contribution in [0.1, 0.15) is 30.0 Å². The number of amides is 1. The van der Waals surface area contributed by atoms with Gasteiger partial charge in [-0.3, -0.25) is 4.79 Å². The number of carbonyl (C=O) groups is 1. The van der Waals surface area contributed by atoms with Crippen LogP contribution in [0.15, 0.2) is 5.38 Å². The monoisotopic (exact) mass is 319 g/mol. The summed E-state index contributed by atoms with van der Waals surface area (Å²) in [5, 5.41) is 12.7. The third-order valence-corrected chi connectivity index (χ3v) is 4.58. The van der Waals surface area contributed by atoms with E-state index in [1.54, 1.807) is 23.3 Å². The van der Waals surface area contributed by atoms with Gasteiger partial charge >= 0.3 is 0 Å². The molecule has 1 saturated carbocycles. The molecular weight excluding hydrogens is 298 g/mol. The first-order chi connectivity index (χ1) is 8.97. The summed E-state index contributed by atoms with van der Waals surface area (Å²) < 4.78 is 0. The summed E-state index contributed by atoms with van der Waals surface area (Å²) in [6.07, 6.45) is 1.39. The molecule has 0 radical (unpaired) electrons. The van der Waals surface area contributed by atoms with Gasteiger partial charge in [-0.2, -0.15) is 0 Å². The molecule has 1 heterocycles. The number of rotatable bonds is 3. The minimum Gasteiger partial charge on any atom is -0.391 e. The maximum Gasteiger partial charge on any atom is 0.225 e. The van der Waals surface area contributed by atoms with Crippen LogP contribution in [0.25, 0.3) is 0 Å². The van der Waals surface area contributed by atoms with Gasteiger partial charge in [-0.1, -0.05) is 0 Å². The summed E-state index contributed by atoms with van der Waals surface area (Å²) in [4.78, 5) is 18.4. The normalized spacial score (nSPS) is 25.9. The van der Waals surface area contributed by atoms with Crippen molar-refractivity contribution in [2.75, 3.05) is 7.05 Å². The lowest BCUT2D eigenvalue weighted by Crippen LogP contribution is -2.44. The molecule has 1 aliphatic rings. The third-order valence-electron chi connectivity index (χ3n) is 3.63. The molecule has 0 aromatic carbocycles. The van der Waals surface area contributed by atoms with Gasteiger partial charge in [0.05, 0.1) is 12.6 Å². The first-order valence-electron chi connectivity index (χ1n) is 6.57. The molecule has 7 heteroatoms. The Bertz CT molecular complexity index is 455. The molecular formula is C13H22ClN3O2S. The van der Waals surface area contributed by atoms with Crippen LogP contribution in [0.3, 0.4) is 0 Å². The maximum absolute atomic E-state index is 12.3. The van der Waals surface area contributed by atoms with E-state index in [2.05, 4.69) is 4.98 Å². The largest absolute Gasteiger partial charge is 0.391 e. The van der Waals surface area contributed by atoms with Crippen molar-refractivity contribution in [1.29, 1.82) is 0 Å². The van der Waals surface area contributed by atoms with E-state index in [0.29, 0.717) is 19.4 Å². The molecule has 2 rings (SSSR count). The average molecular weight is 320 g/mol. The van der Waals surface area contributed by atoms with Gasteiger partial charge in [0.2, 0.25) is 5.91 Å². The molecule has 3 atom stereocenters. The van der Waals surface area contributed by atoms with E-state index in [4.69, 9.17) is 5.73 Å². The van der Waals surface area contributed by atoms with Crippen molar-refractivity contribution in [3.05, 3.63) is 16.1 Å². The Balaban J connectivity index is 0.00000200. The lowest BCUT2D eigenvalue weighted by atomic mass is 9.83. The van der Waals surface area contributed by atoms with Gasteiger partial charge in [0.15, 0.2) is 0 Å². The molecule has 0 aliphatic heterocycles. The lowest BCUT2D eigenvalue weighted by Gasteiger charge is -2.32. The topological polar surface area (TPSA) is 79.5 Å². The molecule has 0 bridgehead atoms. The highest BCUT2D eigenvalue weighted by atomic mass is 35.5. The summed E-state index contributed by atoms with van der Waals surface area (Å²) in [5.41, 5.74) is 6.75. The zero-order valence-corrected chi connectivity index (χ0v) is 13.4. The molecule has 1 fully saturated rings. The van der Waals surface area contributed by atoms with Crippen molar-refractivity contribution in [2.24, 2.45) is 11.7 Å². The smallest absolute Gasteiger partial charge is 0.225 e. The highest BCUT2D eigenvalue weighted by Gasteiger charge is 2.32. The fourth-order valence-corrected chi connectivity index (χ4v) is 3.29. The Morgan fingerprint density at radius 1 is 1.60 bits per heavy atom. The van der Waals surface area contributed by atoms with Crippen LogP contribution in [-0.2, 0) is 11.3 Å². The van der Waals surface area contributed by atoms with Crippen LogP contribution < -0.4 is 5.73 Å². The molecule has 114 valence electrons. The molecule has 1 aromatic rings. The Kier molecular flexibility index (Phi) is 6.39. The molecule has 1 amide bonds. The molecule has 1 aliphatic carbocycles. The SMILES string of the molecule is Cc1csc(CN(C)C(=O)[C@H]2CC[C@@H](N)[C@H](O)C2)n1.Cl. The number of hydrogen-bond acceptors (Lipinski definition) is 5. The number of aryl methyl sites for hydroxylation is 1. The van der Waals surface area contributed by atoms with Crippen LogP contribution in [0.2, 0.25) is 0 Å². The Labute approximate surface area is 129 Å². The number of carbonyl (C=O) groups excluding carboxylic acids is 1. The van der Waals surface area contributed by atoms with Gasteiger partial charge in [0.1, 0.15) is 5.01 Å². The second-order valence-electron chi connectivity index (χ2n) is 5.32. The molecule has 3 N–H and O–H groups in total. The Morgan fingerprint density at radius 2 is 2.30 bits per heavy atom. The molecule has 0 saturated heterocycles. The second kappa shape index (κ2) is 7.36. The summed E-state index contributed by atoms with van der Waals surface area (Å²) in [5.74, 6) is -0.0281. The number of halogens is 1. The van der Waals surface area contributed by atoms with Crippen LogP contribution in [0, 0.1) is 12.8 Å². The minimum atomic E-state index is -0.557. The fraction of sp³-hybridized carbons (Fsp3) is 0.692. The number of aliphatic hydroxyl groups excluding tert-OH is 1. The lowest BCUT2D eigenvalue weighted by molar-refractivity contribution is -0.137.